The molecule has 0 saturated carbocycles. The number of benzene rings is 1. The van der Waals surface area contributed by atoms with Crippen LogP contribution in [0.4, 0.5) is 0 Å². The van der Waals surface area contributed by atoms with Gasteiger partial charge in [-0.2, -0.15) is 0 Å². The molecule has 0 unspecified atom stereocenters. The molecule has 0 radical (unpaired) electrons. The Morgan fingerprint density at radius 3 is 2.41 bits per heavy atom. The number of rotatable bonds is 6. The number of phenolic OH excluding ortho intramolecular Hbond substituents is 1. The van der Waals surface area contributed by atoms with Crippen molar-refractivity contribution in [2.24, 2.45) is 5.73 Å². The van der Waals surface area contributed by atoms with Gasteiger partial charge in [0.05, 0.1) is 13.2 Å². The Morgan fingerprint density at radius 2 is 1.94 bits per heavy atom. The van der Waals surface area contributed by atoms with Gasteiger partial charge in [0.2, 0.25) is 0 Å². The van der Waals surface area contributed by atoms with Gasteiger partial charge in [0.25, 0.3) is 0 Å². The van der Waals surface area contributed by atoms with Crippen LogP contribution in [0.25, 0.3) is 0 Å². The molecule has 0 saturated heterocycles. The van der Waals surface area contributed by atoms with E-state index in [4.69, 9.17) is 14.8 Å². The van der Waals surface area contributed by atoms with Crippen LogP contribution in [0.3, 0.4) is 0 Å². The minimum Gasteiger partial charge on any atom is -0.508 e. The molecule has 1 atom stereocenters. The van der Waals surface area contributed by atoms with Gasteiger partial charge < -0.3 is 19.9 Å². The molecule has 5 nitrogen and oxygen atoms in total. The highest BCUT2D eigenvalue weighted by atomic mass is 31.2. The van der Waals surface area contributed by atoms with Crippen molar-refractivity contribution in [1.82, 2.24) is 0 Å². The van der Waals surface area contributed by atoms with Crippen LogP contribution in [-0.2, 0) is 13.6 Å². The highest BCUT2D eigenvalue weighted by molar-refractivity contribution is 7.54. The first-order valence-electron chi connectivity index (χ1n) is 5.46. The Kier molecular flexibility index (Phi) is 5.15. The SMILES string of the molecule is CCOP(=O)(OCC)[C@@H](N)c1cccc(O)c1. The van der Waals surface area contributed by atoms with Gasteiger partial charge in [-0.1, -0.05) is 12.1 Å². The van der Waals surface area contributed by atoms with E-state index in [1.807, 2.05) is 0 Å². The summed E-state index contributed by atoms with van der Waals surface area (Å²) in [7, 11) is -3.39. The summed E-state index contributed by atoms with van der Waals surface area (Å²) >= 11 is 0. The molecular weight excluding hydrogens is 241 g/mol. The van der Waals surface area contributed by atoms with E-state index in [9.17, 15) is 9.67 Å². The second-order valence-electron chi connectivity index (χ2n) is 3.42. The van der Waals surface area contributed by atoms with E-state index < -0.39 is 13.4 Å². The highest BCUT2D eigenvalue weighted by Crippen LogP contribution is 2.58. The third-order valence-electron chi connectivity index (χ3n) is 2.17. The van der Waals surface area contributed by atoms with E-state index in [0.29, 0.717) is 5.56 Å². The number of hydrogen-bond donors (Lipinski definition) is 2. The third-order valence-corrected chi connectivity index (χ3v) is 4.39. The first-order valence-corrected chi connectivity index (χ1v) is 7.08. The smallest absolute Gasteiger partial charge is 0.351 e. The molecule has 0 heterocycles. The largest absolute Gasteiger partial charge is 0.508 e. The Labute approximate surface area is 101 Å². The standard InChI is InChI=1S/C11H18NO4P/c1-3-15-17(14,16-4-2)11(12)9-6-5-7-10(13)8-9/h5-8,11,13H,3-4,12H2,1-2H3/t11-/m1/s1. The predicted octanol–water partition coefficient (Wildman–Crippen LogP) is 2.62. The van der Waals surface area contributed by atoms with Crippen molar-refractivity contribution in [3.8, 4) is 5.75 Å². The lowest BCUT2D eigenvalue weighted by molar-refractivity contribution is 0.212. The van der Waals surface area contributed by atoms with Gasteiger partial charge in [0, 0.05) is 0 Å². The summed E-state index contributed by atoms with van der Waals surface area (Å²) in [5.74, 6) is -0.827. The molecule has 0 aliphatic rings. The lowest BCUT2D eigenvalue weighted by Gasteiger charge is -2.23. The van der Waals surface area contributed by atoms with E-state index in [0.717, 1.165) is 0 Å². The van der Waals surface area contributed by atoms with Crippen molar-refractivity contribution in [2.75, 3.05) is 13.2 Å². The van der Waals surface area contributed by atoms with Crippen molar-refractivity contribution in [2.45, 2.75) is 19.6 Å². The summed E-state index contributed by atoms with van der Waals surface area (Å²) in [5, 5.41) is 9.36. The number of aromatic hydroxyl groups is 1. The van der Waals surface area contributed by atoms with Crippen LogP contribution < -0.4 is 5.73 Å². The van der Waals surface area contributed by atoms with E-state index in [2.05, 4.69) is 0 Å². The lowest BCUT2D eigenvalue weighted by atomic mass is 10.2. The average Bonchev–Trinajstić information content (AvgIpc) is 2.28. The summed E-state index contributed by atoms with van der Waals surface area (Å²) in [6.45, 7) is 3.95. The summed E-state index contributed by atoms with van der Waals surface area (Å²) in [5.41, 5.74) is 6.41. The normalized spacial score (nSPS) is 13.6. The van der Waals surface area contributed by atoms with Crippen LogP contribution in [-0.4, -0.2) is 18.3 Å². The highest BCUT2D eigenvalue weighted by Gasteiger charge is 2.33. The Balaban J connectivity index is 2.99. The Hall–Kier alpha value is -0.870. The second-order valence-corrected chi connectivity index (χ2v) is 5.57. The molecule has 0 bridgehead atoms. The molecule has 0 aliphatic carbocycles. The van der Waals surface area contributed by atoms with Crippen molar-refractivity contribution < 1.29 is 18.7 Å². The lowest BCUT2D eigenvalue weighted by Crippen LogP contribution is -2.14. The summed E-state index contributed by atoms with van der Waals surface area (Å²) < 4.78 is 22.7. The molecule has 1 aromatic carbocycles. The second kappa shape index (κ2) is 6.17. The number of phenols is 1. The molecule has 1 aromatic rings. The minimum atomic E-state index is -3.39. The Morgan fingerprint density at radius 1 is 1.35 bits per heavy atom. The van der Waals surface area contributed by atoms with Gasteiger partial charge in [0.15, 0.2) is 0 Å². The molecule has 0 spiro atoms. The number of hydrogen-bond acceptors (Lipinski definition) is 5. The van der Waals surface area contributed by atoms with Gasteiger partial charge >= 0.3 is 7.60 Å². The van der Waals surface area contributed by atoms with Crippen molar-refractivity contribution in [3.63, 3.8) is 0 Å². The van der Waals surface area contributed by atoms with Gasteiger partial charge in [0.1, 0.15) is 11.5 Å². The zero-order chi connectivity index (χ0) is 12.9. The van der Waals surface area contributed by atoms with Crippen molar-refractivity contribution >= 4 is 7.60 Å². The van der Waals surface area contributed by atoms with Crippen LogP contribution in [0, 0.1) is 0 Å². The third kappa shape index (κ3) is 3.54. The molecule has 3 N–H and O–H groups in total. The average molecular weight is 259 g/mol. The molecule has 0 aromatic heterocycles. The zero-order valence-corrected chi connectivity index (χ0v) is 10.9. The molecule has 0 aliphatic heterocycles. The quantitative estimate of drug-likeness (QED) is 0.767. The molecule has 0 amide bonds. The minimum absolute atomic E-state index is 0.0671. The van der Waals surface area contributed by atoms with E-state index in [-0.39, 0.29) is 19.0 Å². The van der Waals surface area contributed by atoms with E-state index >= 15 is 0 Å². The summed E-state index contributed by atoms with van der Waals surface area (Å²) in [4.78, 5) is 0. The molecule has 1 rings (SSSR count). The molecule has 6 heteroatoms. The maximum atomic E-state index is 12.4. The van der Waals surface area contributed by atoms with Crippen LogP contribution >= 0.6 is 7.60 Å². The van der Waals surface area contributed by atoms with Gasteiger partial charge in [-0.05, 0) is 31.5 Å². The number of nitrogens with two attached hydrogens (primary N) is 1. The predicted molar refractivity (Wildman–Crippen MR) is 65.9 cm³/mol. The van der Waals surface area contributed by atoms with E-state index in [1.165, 1.54) is 12.1 Å². The fraction of sp³-hybridized carbons (Fsp3) is 0.455. The maximum Gasteiger partial charge on any atom is 0.351 e. The maximum absolute atomic E-state index is 12.4. The van der Waals surface area contributed by atoms with Gasteiger partial charge in [-0.25, -0.2) is 0 Å². The van der Waals surface area contributed by atoms with Crippen LogP contribution in [0.5, 0.6) is 5.75 Å². The fourth-order valence-electron chi connectivity index (χ4n) is 1.45. The fourth-order valence-corrected chi connectivity index (χ4v) is 3.09. The molecule has 17 heavy (non-hydrogen) atoms. The van der Waals surface area contributed by atoms with Gasteiger partial charge in [-0.3, -0.25) is 4.57 Å². The van der Waals surface area contributed by atoms with Gasteiger partial charge in [-0.15, -0.1) is 0 Å². The first kappa shape index (κ1) is 14.2. The van der Waals surface area contributed by atoms with Crippen LogP contribution in [0.1, 0.15) is 25.2 Å². The summed E-state index contributed by atoms with van der Waals surface area (Å²) in [6, 6.07) is 6.28. The van der Waals surface area contributed by atoms with Crippen molar-refractivity contribution in [1.29, 1.82) is 0 Å². The zero-order valence-electron chi connectivity index (χ0n) is 10.00. The summed E-state index contributed by atoms with van der Waals surface area (Å²) in [6.07, 6.45) is 0. The Bertz CT molecular complexity index is 400. The van der Waals surface area contributed by atoms with Crippen molar-refractivity contribution in [3.05, 3.63) is 29.8 Å². The topological polar surface area (TPSA) is 81.8 Å². The molecular formula is C11H18NO4P. The molecule has 96 valence electrons. The van der Waals surface area contributed by atoms with Crippen LogP contribution in [0.2, 0.25) is 0 Å². The molecule has 0 fully saturated rings. The monoisotopic (exact) mass is 259 g/mol. The first-order chi connectivity index (χ1) is 8.03. The van der Waals surface area contributed by atoms with Crippen LogP contribution in [0.15, 0.2) is 24.3 Å². The van der Waals surface area contributed by atoms with E-state index in [1.54, 1.807) is 26.0 Å².